The standard InChI is InChI=1S/C13H17N3O2S2/c1-2-5-11(12-7-4-9-19-12)16-20(17,18)13-10(14)6-3-8-15-13/h3-4,6-9,11,16H,2,5,14H2,1H3. The maximum atomic E-state index is 12.4. The van der Waals surface area contributed by atoms with Crippen LogP contribution in [0.3, 0.4) is 0 Å². The van der Waals surface area contributed by atoms with Gasteiger partial charge in [0.05, 0.1) is 11.7 Å². The van der Waals surface area contributed by atoms with Gasteiger partial charge in [-0.25, -0.2) is 18.1 Å². The van der Waals surface area contributed by atoms with E-state index in [-0.39, 0.29) is 16.8 Å². The molecule has 0 fully saturated rings. The number of thiophene rings is 1. The van der Waals surface area contributed by atoms with E-state index in [1.807, 2.05) is 24.4 Å². The minimum absolute atomic E-state index is 0.113. The van der Waals surface area contributed by atoms with Gasteiger partial charge in [-0.2, -0.15) is 0 Å². The fourth-order valence-electron chi connectivity index (χ4n) is 1.91. The largest absolute Gasteiger partial charge is 0.396 e. The zero-order chi connectivity index (χ0) is 14.6. The highest BCUT2D eigenvalue weighted by Gasteiger charge is 2.24. The first-order valence-electron chi connectivity index (χ1n) is 6.31. The minimum Gasteiger partial charge on any atom is -0.396 e. The van der Waals surface area contributed by atoms with E-state index < -0.39 is 10.0 Å². The second kappa shape index (κ2) is 6.34. The molecule has 0 amide bonds. The number of anilines is 1. The molecule has 3 N–H and O–H groups in total. The van der Waals surface area contributed by atoms with Gasteiger partial charge in [-0.05, 0) is 30.0 Å². The van der Waals surface area contributed by atoms with Crippen molar-refractivity contribution >= 4 is 27.0 Å². The van der Waals surface area contributed by atoms with Crippen molar-refractivity contribution in [1.82, 2.24) is 9.71 Å². The number of nitrogens with one attached hydrogen (secondary N) is 1. The molecule has 0 saturated carbocycles. The van der Waals surface area contributed by atoms with Gasteiger partial charge in [-0.3, -0.25) is 0 Å². The summed E-state index contributed by atoms with van der Waals surface area (Å²) in [5.74, 6) is 0. The molecule has 1 unspecified atom stereocenters. The summed E-state index contributed by atoms with van der Waals surface area (Å²) >= 11 is 1.53. The number of nitrogens with zero attached hydrogens (tertiary/aromatic N) is 1. The van der Waals surface area contributed by atoms with Crippen molar-refractivity contribution in [2.24, 2.45) is 0 Å². The molecule has 0 bridgehead atoms. The molecule has 7 heteroatoms. The summed E-state index contributed by atoms with van der Waals surface area (Å²) in [5.41, 5.74) is 5.85. The van der Waals surface area contributed by atoms with Crippen LogP contribution in [0.5, 0.6) is 0 Å². The van der Waals surface area contributed by atoms with E-state index in [0.717, 1.165) is 17.7 Å². The molecule has 0 aromatic carbocycles. The van der Waals surface area contributed by atoms with Crippen molar-refractivity contribution in [2.45, 2.75) is 30.8 Å². The van der Waals surface area contributed by atoms with E-state index in [9.17, 15) is 8.42 Å². The highest BCUT2D eigenvalue weighted by Crippen LogP contribution is 2.26. The lowest BCUT2D eigenvalue weighted by Gasteiger charge is -2.17. The third-order valence-electron chi connectivity index (χ3n) is 2.82. The number of pyridine rings is 1. The van der Waals surface area contributed by atoms with Crippen LogP contribution in [0.15, 0.2) is 40.9 Å². The van der Waals surface area contributed by atoms with Gasteiger partial charge in [0, 0.05) is 11.1 Å². The first kappa shape index (κ1) is 15.0. The first-order chi connectivity index (χ1) is 9.54. The quantitative estimate of drug-likeness (QED) is 0.858. The molecule has 0 aliphatic rings. The Morgan fingerprint density at radius 2 is 2.20 bits per heavy atom. The van der Waals surface area contributed by atoms with Crippen LogP contribution in [0.25, 0.3) is 0 Å². The van der Waals surface area contributed by atoms with Crippen molar-refractivity contribution < 1.29 is 8.42 Å². The van der Waals surface area contributed by atoms with Gasteiger partial charge in [0.1, 0.15) is 0 Å². The summed E-state index contributed by atoms with van der Waals surface area (Å²) < 4.78 is 27.5. The number of rotatable bonds is 6. The number of hydrogen-bond acceptors (Lipinski definition) is 5. The number of nitrogens with two attached hydrogens (primary N) is 1. The highest BCUT2D eigenvalue weighted by molar-refractivity contribution is 7.89. The molecule has 0 saturated heterocycles. The van der Waals surface area contributed by atoms with Crippen LogP contribution in [0.4, 0.5) is 5.69 Å². The van der Waals surface area contributed by atoms with Gasteiger partial charge >= 0.3 is 0 Å². The second-order valence-electron chi connectivity index (χ2n) is 4.38. The van der Waals surface area contributed by atoms with E-state index in [4.69, 9.17) is 5.73 Å². The normalized spacial score (nSPS) is 13.2. The topological polar surface area (TPSA) is 85.1 Å². The zero-order valence-corrected chi connectivity index (χ0v) is 12.7. The van der Waals surface area contributed by atoms with Crippen LogP contribution in [-0.4, -0.2) is 13.4 Å². The van der Waals surface area contributed by atoms with E-state index in [0.29, 0.717) is 0 Å². The maximum absolute atomic E-state index is 12.4. The summed E-state index contributed by atoms with van der Waals surface area (Å²) in [6, 6.07) is 6.73. The third kappa shape index (κ3) is 3.36. The Bertz CT molecular complexity index is 654. The van der Waals surface area contributed by atoms with Crippen molar-refractivity contribution in [3.8, 4) is 0 Å². The Hall–Kier alpha value is -1.44. The molecule has 20 heavy (non-hydrogen) atoms. The van der Waals surface area contributed by atoms with Crippen LogP contribution >= 0.6 is 11.3 Å². The number of nitrogen functional groups attached to an aromatic ring is 1. The lowest BCUT2D eigenvalue weighted by Crippen LogP contribution is -2.29. The molecule has 2 rings (SSSR count). The molecule has 0 spiro atoms. The SMILES string of the molecule is CCCC(NS(=O)(=O)c1ncccc1N)c1cccs1. The average Bonchev–Trinajstić information content (AvgIpc) is 2.92. The smallest absolute Gasteiger partial charge is 0.260 e. The van der Waals surface area contributed by atoms with E-state index in [2.05, 4.69) is 9.71 Å². The predicted molar refractivity (Wildman–Crippen MR) is 80.9 cm³/mol. The predicted octanol–water partition coefficient (Wildman–Crippen LogP) is 2.55. The van der Waals surface area contributed by atoms with Crippen LogP contribution in [0, 0.1) is 0 Å². The number of sulfonamides is 1. The molecule has 0 radical (unpaired) electrons. The second-order valence-corrected chi connectivity index (χ2v) is 6.98. The van der Waals surface area contributed by atoms with E-state index in [1.54, 1.807) is 6.07 Å². The molecule has 1 atom stereocenters. The van der Waals surface area contributed by atoms with Gasteiger partial charge in [-0.15, -0.1) is 11.3 Å². The fraction of sp³-hybridized carbons (Fsp3) is 0.308. The van der Waals surface area contributed by atoms with Gasteiger partial charge < -0.3 is 5.73 Å². The molecule has 0 aliphatic carbocycles. The zero-order valence-electron chi connectivity index (χ0n) is 11.1. The number of aromatic nitrogens is 1. The molecular formula is C13H17N3O2S2. The minimum atomic E-state index is -3.72. The summed E-state index contributed by atoms with van der Waals surface area (Å²) in [4.78, 5) is 4.86. The van der Waals surface area contributed by atoms with Crippen LogP contribution in [0.1, 0.15) is 30.7 Å². The van der Waals surface area contributed by atoms with E-state index in [1.165, 1.54) is 23.6 Å². The summed E-state index contributed by atoms with van der Waals surface area (Å²) in [6.45, 7) is 2.02. The fourth-order valence-corrected chi connectivity index (χ4v) is 4.10. The van der Waals surface area contributed by atoms with Crippen LogP contribution in [0.2, 0.25) is 0 Å². The highest BCUT2D eigenvalue weighted by atomic mass is 32.2. The molecule has 2 heterocycles. The van der Waals surface area contributed by atoms with E-state index >= 15 is 0 Å². The lowest BCUT2D eigenvalue weighted by atomic mass is 10.1. The number of hydrogen-bond donors (Lipinski definition) is 2. The van der Waals surface area contributed by atoms with Gasteiger partial charge in [0.15, 0.2) is 5.03 Å². The van der Waals surface area contributed by atoms with Crippen LogP contribution < -0.4 is 10.5 Å². The molecule has 0 aliphatic heterocycles. The summed E-state index contributed by atoms with van der Waals surface area (Å²) in [6.07, 6.45) is 3.03. The Labute approximate surface area is 122 Å². The average molecular weight is 311 g/mol. The first-order valence-corrected chi connectivity index (χ1v) is 8.67. The van der Waals surface area contributed by atoms with Gasteiger partial charge in [0.2, 0.25) is 0 Å². The molecule has 108 valence electrons. The van der Waals surface area contributed by atoms with Gasteiger partial charge in [0.25, 0.3) is 10.0 Å². The Morgan fingerprint density at radius 3 is 2.80 bits per heavy atom. The van der Waals surface area contributed by atoms with Gasteiger partial charge in [-0.1, -0.05) is 19.4 Å². The Kier molecular flexibility index (Phi) is 4.74. The Balaban J connectivity index is 2.28. The maximum Gasteiger partial charge on any atom is 0.260 e. The van der Waals surface area contributed by atoms with Crippen molar-refractivity contribution in [3.63, 3.8) is 0 Å². The van der Waals surface area contributed by atoms with Crippen molar-refractivity contribution in [1.29, 1.82) is 0 Å². The molecule has 2 aromatic heterocycles. The Morgan fingerprint density at radius 1 is 1.40 bits per heavy atom. The summed E-state index contributed by atoms with van der Waals surface area (Å²) in [5, 5.41) is 1.82. The monoisotopic (exact) mass is 311 g/mol. The third-order valence-corrected chi connectivity index (χ3v) is 5.25. The summed E-state index contributed by atoms with van der Waals surface area (Å²) in [7, 11) is -3.72. The molecule has 2 aromatic rings. The molecular weight excluding hydrogens is 294 g/mol. The molecule has 5 nitrogen and oxygen atoms in total. The van der Waals surface area contributed by atoms with Crippen molar-refractivity contribution in [2.75, 3.05) is 5.73 Å². The van der Waals surface area contributed by atoms with Crippen molar-refractivity contribution in [3.05, 3.63) is 40.7 Å². The van der Waals surface area contributed by atoms with Crippen LogP contribution in [-0.2, 0) is 10.0 Å². The lowest BCUT2D eigenvalue weighted by molar-refractivity contribution is 0.537.